The quantitative estimate of drug-likeness (QED) is 0.716. The molecule has 2 aromatic carbocycles. The molecule has 1 heterocycles. The summed E-state index contributed by atoms with van der Waals surface area (Å²) in [4.78, 5) is 28.7. The van der Waals surface area contributed by atoms with Crippen molar-refractivity contribution in [3.8, 4) is 6.07 Å². The highest BCUT2D eigenvalue weighted by Gasteiger charge is 2.12. The van der Waals surface area contributed by atoms with E-state index in [9.17, 15) is 9.59 Å². The number of hydrogen-bond donors (Lipinski definition) is 2. The third kappa shape index (κ3) is 4.69. The second kappa shape index (κ2) is 8.13. The Morgan fingerprint density at radius 2 is 1.52 bits per heavy atom. The molecule has 27 heavy (non-hydrogen) atoms. The van der Waals surface area contributed by atoms with E-state index in [1.165, 1.54) is 18.5 Å². The predicted molar refractivity (Wildman–Crippen MR) is 103 cm³/mol. The van der Waals surface area contributed by atoms with Gasteiger partial charge >= 0.3 is 0 Å². The number of nitrogens with one attached hydrogen (secondary N) is 2. The van der Waals surface area contributed by atoms with Crippen LogP contribution in [0.1, 0.15) is 26.3 Å². The minimum Gasteiger partial charge on any atom is -0.322 e. The van der Waals surface area contributed by atoms with Gasteiger partial charge in [-0.2, -0.15) is 5.26 Å². The maximum atomic E-state index is 12.4. The molecule has 0 atom stereocenters. The summed E-state index contributed by atoms with van der Waals surface area (Å²) in [6.45, 7) is 0. The number of anilines is 2. The molecule has 132 valence electrons. The zero-order chi connectivity index (χ0) is 19.2. The van der Waals surface area contributed by atoms with Gasteiger partial charge in [-0.05, 0) is 48.5 Å². The van der Waals surface area contributed by atoms with Crippen LogP contribution in [0.2, 0.25) is 5.02 Å². The molecule has 0 saturated carbocycles. The number of rotatable bonds is 4. The van der Waals surface area contributed by atoms with Crippen LogP contribution in [0.25, 0.3) is 0 Å². The Bertz CT molecular complexity index is 1040. The highest BCUT2D eigenvalue weighted by atomic mass is 35.5. The SMILES string of the molecule is N#Cc1cccc(NC(=O)c2cncc(C(=O)Nc3ccc(Cl)cc3)c2)c1. The summed E-state index contributed by atoms with van der Waals surface area (Å²) in [6.07, 6.45) is 2.74. The zero-order valence-electron chi connectivity index (χ0n) is 13.9. The molecule has 2 N–H and O–H groups in total. The maximum absolute atomic E-state index is 12.4. The summed E-state index contributed by atoms with van der Waals surface area (Å²) < 4.78 is 0. The Kier molecular flexibility index (Phi) is 5.45. The number of halogens is 1. The lowest BCUT2D eigenvalue weighted by atomic mass is 10.1. The summed E-state index contributed by atoms with van der Waals surface area (Å²) >= 11 is 5.82. The molecular formula is C20H13ClN4O2. The van der Waals surface area contributed by atoms with Crippen molar-refractivity contribution >= 4 is 34.8 Å². The summed E-state index contributed by atoms with van der Waals surface area (Å²) in [6, 6.07) is 16.7. The fourth-order valence-electron chi connectivity index (χ4n) is 2.29. The van der Waals surface area contributed by atoms with Gasteiger partial charge in [0, 0.05) is 28.8 Å². The van der Waals surface area contributed by atoms with Crippen LogP contribution in [-0.2, 0) is 0 Å². The standard InChI is InChI=1S/C20H13ClN4O2/c21-16-4-6-17(7-5-16)24-19(26)14-9-15(12-23-11-14)20(27)25-18-3-1-2-13(8-18)10-22/h1-9,11-12H,(H,24,26)(H,25,27). The number of pyridine rings is 1. The molecule has 0 aliphatic rings. The van der Waals surface area contributed by atoms with Gasteiger partial charge in [0.05, 0.1) is 22.8 Å². The van der Waals surface area contributed by atoms with E-state index in [0.29, 0.717) is 22.0 Å². The monoisotopic (exact) mass is 376 g/mol. The van der Waals surface area contributed by atoms with E-state index in [-0.39, 0.29) is 11.1 Å². The smallest absolute Gasteiger partial charge is 0.257 e. The minimum atomic E-state index is -0.432. The van der Waals surface area contributed by atoms with Crippen LogP contribution in [0.4, 0.5) is 11.4 Å². The molecule has 2 amide bonds. The van der Waals surface area contributed by atoms with Gasteiger partial charge in [0.2, 0.25) is 0 Å². The highest BCUT2D eigenvalue weighted by molar-refractivity contribution is 6.30. The van der Waals surface area contributed by atoms with E-state index < -0.39 is 11.8 Å². The molecular weight excluding hydrogens is 364 g/mol. The van der Waals surface area contributed by atoms with Gasteiger partial charge in [-0.1, -0.05) is 17.7 Å². The number of carbonyl (C=O) groups is 2. The Balaban J connectivity index is 1.74. The first-order chi connectivity index (χ1) is 13.0. The van der Waals surface area contributed by atoms with Crippen molar-refractivity contribution in [1.82, 2.24) is 4.98 Å². The second-order valence-corrected chi connectivity index (χ2v) is 6.01. The Labute approximate surface area is 160 Å². The lowest BCUT2D eigenvalue weighted by Gasteiger charge is -2.08. The first-order valence-corrected chi connectivity index (χ1v) is 8.26. The molecule has 0 bridgehead atoms. The largest absolute Gasteiger partial charge is 0.322 e. The van der Waals surface area contributed by atoms with Gasteiger partial charge in [0.25, 0.3) is 11.8 Å². The Morgan fingerprint density at radius 1 is 0.889 bits per heavy atom. The highest BCUT2D eigenvalue weighted by Crippen LogP contribution is 2.15. The average molecular weight is 377 g/mol. The Morgan fingerprint density at radius 3 is 2.15 bits per heavy atom. The summed E-state index contributed by atoms with van der Waals surface area (Å²) in [5.41, 5.74) is 1.95. The van der Waals surface area contributed by atoms with E-state index in [0.717, 1.165) is 0 Å². The van der Waals surface area contributed by atoms with Crippen LogP contribution >= 0.6 is 11.6 Å². The fraction of sp³-hybridized carbons (Fsp3) is 0. The molecule has 0 radical (unpaired) electrons. The number of carbonyl (C=O) groups excluding carboxylic acids is 2. The molecule has 7 heteroatoms. The third-order valence-electron chi connectivity index (χ3n) is 3.61. The second-order valence-electron chi connectivity index (χ2n) is 5.57. The van der Waals surface area contributed by atoms with E-state index in [1.54, 1.807) is 48.5 Å². The number of nitrogens with zero attached hydrogens (tertiary/aromatic N) is 2. The van der Waals surface area contributed by atoms with Crippen LogP contribution in [0.5, 0.6) is 0 Å². The van der Waals surface area contributed by atoms with Crippen LogP contribution in [0, 0.1) is 11.3 Å². The zero-order valence-corrected chi connectivity index (χ0v) is 14.7. The first kappa shape index (κ1) is 18.1. The van der Waals surface area contributed by atoms with Crippen LogP contribution in [-0.4, -0.2) is 16.8 Å². The summed E-state index contributed by atoms with van der Waals surface area (Å²) in [7, 11) is 0. The van der Waals surface area contributed by atoms with Crippen molar-refractivity contribution in [3.63, 3.8) is 0 Å². The van der Waals surface area contributed by atoms with E-state index in [1.807, 2.05) is 6.07 Å². The molecule has 0 spiro atoms. The van der Waals surface area contributed by atoms with E-state index >= 15 is 0 Å². The van der Waals surface area contributed by atoms with Crippen LogP contribution in [0.15, 0.2) is 67.0 Å². The molecule has 3 rings (SSSR count). The third-order valence-corrected chi connectivity index (χ3v) is 3.87. The van der Waals surface area contributed by atoms with Crippen LogP contribution in [0.3, 0.4) is 0 Å². The van der Waals surface area contributed by atoms with Gasteiger partial charge in [-0.25, -0.2) is 0 Å². The first-order valence-electron chi connectivity index (χ1n) is 7.88. The topological polar surface area (TPSA) is 94.9 Å². The molecule has 0 unspecified atom stereocenters. The molecule has 0 fully saturated rings. The van der Waals surface area contributed by atoms with Crippen molar-refractivity contribution in [2.45, 2.75) is 0 Å². The minimum absolute atomic E-state index is 0.223. The number of nitriles is 1. The summed E-state index contributed by atoms with van der Waals surface area (Å²) in [5.74, 6) is -0.829. The van der Waals surface area contributed by atoms with Gasteiger partial charge in [0.1, 0.15) is 0 Å². The van der Waals surface area contributed by atoms with Gasteiger partial charge < -0.3 is 10.6 Å². The van der Waals surface area contributed by atoms with E-state index in [4.69, 9.17) is 16.9 Å². The fourth-order valence-corrected chi connectivity index (χ4v) is 2.42. The lowest BCUT2D eigenvalue weighted by molar-refractivity contribution is 0.102. The van der Waals surface area contributed by atoms with Crippen molar-refractivity contribution in [2.24, 2.45) is 0 Å². The maximum Gasteiger partial charge on any atom is 0.257 e. The predicted octanol–water partition coefficient (Wildman–Crippen LogP) is 4.11. The molecule has 0 aliphatic heterocycles. The molecule has 0 saturated heterocycles. The number of aromatic nitrogens is 1. The average Bonchev–Trinajstić information content (AvgIpc) is 2.70. The Hall–Kier alpha value is -3.69. The van der Waals surface area contributed by atoms with Gasteiger partial charge in [-0.15, -0.1) is 0 Å². The number of hydrogen-bond acceptors (Lipinski definition) is 4. The number of amides is 2. The van der Waals surface area contributed by atoms with E-state index in [2.05, 4.69) is 15.6 Å². The molecule has 3 aromatic rings. The molecule has 6 nitrogen and oxygen atoms in total. The summed E-state index contributed by atoms with van der Waals surface area (Å²) in [5, 5.41) is 14.9. The molecule has 1 aromatic heterocycles. The van der Waals surface area contributed by atoms with Crippen molar-refractivity contribution < 1.29 is 9.59 Å². The normalized spacial score (nSPS) is 9.93. The van der Waals surface area contributed by atoms with Crippen LogP contribution < -0.4 is 10.6 Å². The van der Waals surface area contributed by atoms with Gasteiger partial charge in [0.15, 0.2) is 0 Å². The van der Waals surface area contributed by atoms with Crippen molar-refractivity contribution in [1.29, 1.82) is 5.26 Å². The van der Waals surface area contributed by atoms with Crippen molar-refractivity contribution in [2.75, 3.05) is 10.6 Å². The lowest BCUT2D eigenvalue weighted by Crippen LogP contribution is -2.16. The molecule has 0 aliphatic carbocycles. The number of benzene rings is 2. The van der Waals surface area contributed by atoms with Crippen molar-refractivity contribution in [3.05, 3.63) is 88.7 Å². The van der Waals surface area contributed by atoms with Gasteiger partial charge in [-0.3, -0.25) is 14.6 Å².